The molecule has 27 heavy (non-hydrogen) atoms. The van der Waals surface area contributed by atoms with Crippen LogP contribution < -0.4 is 15.8 Å². The number of para-hydroxylation sites is 1. The van der Waals surface area contributed by atoms with Crippen molar-refractivity contribution in [3.8, 4) is 0 Å². The molecule has 0 saturated heterocycles. The number of carbonyl (C=O) groups excluding carboxylic acids is 1. The predicted molar refractivity (Wildman–Crippen MR) is 110 cm³/mol. The van der Waals surface area contributed by atoms with Crippen molar-refractivity contribution in [1.29, 1.82) is 0 Å². The molecule has 1 aliphatic carbocycles. The number of aryl methyl sites for hydroxylation is 1. The Morgan fingerprint density at radius 3 is 2.41 bits per heavy atom. The highest BCUT2D eigenvalue weighted by atomic mass is 35.5. The van der Waals surface area contributed by atoms with Crippen LogP contribution in [0.15, 0.2) is 53.4 Å². The molecule has 3 rings (SSSR count). The molecule has 0 heterocycles. The van der Waals surface area contributed by atoms with Crippen molar-refractivity contribution in [2.24, 2.45) is 11.7 Å². The molecule has 2 aromatic carbocycles. The van der Waals surface area contributed by atoms with Gasteiger partial charge >= 0.3 is 0 Å². The fraction of sp³-hybridized carbons (Fsp3) is 0.316. The van der Waals surface area contributed by atoms with Gasteiger partial charge in [-0.25, -0.2) is 8.42 Å². The monoisotopic (exact) mass is 409 g/mol. The van der Waals surface area contributed by atoms with Gasteiger partial charge in [0, 0.05) is 23.3 Å². The van der Waals surface area contributed by atoms with E-state index in [0.29, 0.717) is 23.4 Å². The number of hydrogen-bond donors (Lipinski definition) is 3. The van der Waals surface area contributed by atoms with Crippen LogP contribution in [0, 0.1) is 12.8 Å². The molecule has 0 radical (unpaired) electrons. The van der Waals surface area contributed by atoms with E-state index in [1.165, 1.54) is 6.07 Å². The Hall–Kier alpha value is -2.09. The Morgan fingerprint density at radius 2 is 1.78 bits per heavy atom. The number of amides is 1. The topological polar surface area (TPSA) is 101 Å². The van der Waals surface area contributed by atoms with E-state index in [1.807, 2.05) is 6.07 Å². The normalized spacial score (nSPS) is 19.2. The number of hydrogen-bond acceptors (Lipinski definition) is 4. The van der Waals surface area contributed by atoms with Gasteiger partial charge in [0.05, 0.1) is 4.90 Å². The Bertz CT molecular complexity index is 904. The van der Waals surface area contributed by atoms with Crippen LogP contribution in [-0.4, -0.2) is 20.4 Å². The van der Waals surface area contributed by atoms with Crippen LogP contribution in [0.4, 0.5) is 11.4 Å². The quantitative estimate of drug-likeness (QED) is 0.705. The van der Waals surface area contributed by atoms with Crippen LogP contribution in [0.5, 0.6) is 0 Å². The van der Waals surface area contributed by atoms with Gasteiger partial charge in [-0.3, -0.25) is 9.52 Å². The van der Waals surface area contributed by atoms with Gasteiger partial charge in [0.1, 0.15) is 0 Å². The SMILES string of the molecule is Cc1ccc(NC(=O)C2CCC(N)C2)cc1S(=O)(=O)Nc1ccccc1.Cl. The van der Waals surface area contributed by atoms with Gasteiger partial charge < -0.3 is 11.1 Å². The summed E-state index contributed by atoms with van der Waals surface area (Å²) < 4.78 is 28.0. The van der Waals surface area contributed by atoms with E-state index >= 15 is 0 Å². The highest BCUT2D eigenvalue weighted by molar-refractivity contribution is 7.92. The second-order valence-electron chi connectivity index (χ2n) is 6.71. The molecule has 0 aromatic heterocycles. The maximum Gasteiger partial charge on any atom is 0.262 e. The van der Waals surface area contributed by atoms with Gasteiger partial charge in [-0.05, 0) is 56.0 Å². The number of nitrogens with one attached hydrogen (secondary N) is 2. The number of nitrogens with two attached hydrogens (primary N) is 1. The molecule has 1 amide bonds. The van der Waals surface area contributed by atoms with Crippen LogP contribution in [0.25, 0.3) is 0 Å². The summed E-state index contributed by atoms with van der Waals surface area (Å²) in [7, 11) is -3.75. The summed E-state index contributed by atoms with van der Waals surface area (Å²) in [4.78, 5) is 12.5. The third-order valence-electron chi connectivity index (χ3n) is 4.62. The Labute approximate surface area is 166 Å². The van der Waals surface area contributed by atoms with Crippen LogP contribution in [0.2, 0.25) is 0 Å². The maximum atomic E-state index is 12.7. The molecule has 1 aliphatic rings. The largest absolute Gasteiger partial charge is 0.328 e. The molecule has 6 nitrogen and oxygen atoms in total. The lowest BCUT2D eigenvalue weighted by Gasteiger charge is -2.14. The molecule has 1 fully saturated rings. The van der Waals surface area contributed by atoms with Gasteiger partial charge in [0.15, 0.2) is 0 Å². The second-order valence-corrected chi connectivity index (χ2v) is 8.36. The predicted octanol–water partition coefficient (Wildman–Crippen LogP) is 3.28. The van der Waals surface area contributed by atoms with Crippen LogP contribution in [0.1, 0.15) is 24.8 Å². The summed E-state index contributed by atoms with van der Waals surface area (Å²) in [5.74, 6) is -0.227. The fourth-order valence-corrected chi connectivity index (χ4v) is 4.51. The molecule has 0 aliphatic heterocycles. The lowest BCUT2D eigenvalue weighted by molar-refractivity contribution is -0.119. The molecular weight excluding hydrogens is 386 g/mol. The van der Waals surface area contributed by atoms with Crippen molar-refractivity contribution < 1.29 is 13.2 Å². The number of anilines is 2. The molecular formula is C19H24ClN3O3S. The maximum absolute atomic E-state index is 12.7. The summed E-state index contributed by atoms with van der Waals surface area (Å²) >= 11 is 0. The van der Waals surface area contributed by atoms with E-state index in [-0.39, 0.29) is 35.2 Å². The Morgan fingerprint density at radius 1 is 1.07 bits per heavy atom. The van der Waals surface area contributed by atoms with Crippen molar-refractivity contribution in [2.75, 3.05) is 10.0 Å². The zero-order valence-electron chi connectivity index (χ0n) is 15.0. The van der Waals surface area contributed by atoms with E-state index in [0.717, 1.165) is 12.8 Å². The van der Waals surface area contributed by atoms with E-state index in [9.17, 15) is 13.2 Å². The highest BCUT2D eigenvalue weighted by Gasteiger charge is 2.28. The number of rotatable bonds is 5. The van der Waals surface area contributed by atoms with Crippen molar-refractivity contribution >= 4 is 39.7 Å². The van der Waals surface area contributed by atoms with Gasteiger partial charge in [0.2, 0.25) is 5.91 Å². The first-order chi connectivity index (χ1) is 12.3. The molecule has 2 unspecified atom stereocenters. The first-order valence-corrected chi connectivity index (χ1v) is 10.1. The number of halogens is 1. The van der Waals surface area contributed by atoms with Gasteiger partial charge in [0.25, 0.3) is 10.0 Å². The second kappa shape index (κ2) is 8.73. The van der Waals surface area contributed by atoms with Crippen LogP contribution in [0.3, 0.4) is 0 Å². The van der Waals surface area contributed by atoms with Crippen LogP contribution >= 0.6 is 12.4 Å². The van der Waals surface area contributed by atoms with E-state index < -0.39 is 10.0 Å². The molecule has 146 valence electrons. The molecule has 0 spiro atoms. The summed E-state index contributed by atoms with van der Waals surface area (Å²) in [5, 5.41) is 2.82. The van der Waals surface area contributed by atoms with Crippen molar-refractivity contribution in [2.45, 2.75) is 37.1 Å². The molecule has 1 saturated carbocycles. The highest BCUT2D eigenvalue weighted by Crippen LogP contribution is 2.27. The molecule has 8 heteroatoms. The minimum atomic E-state index is -3.75. The van der Waals surface area contributed by atoms with Crippen molar-refractivity contribution in [3.05, 3.63) is 54.1 Å². The average Bonchev–Trinajstić information content (AvgIpc) is 3.03. The first-order valence-electron chi connectivity index (χ1n) is 8.60. The minimum absolute atomic E-state index is 0. The van der Waals surface area contributed by atoms with Gasteiger partial charge in [-0.1, -0.05) is 24.3 Å². The molecule has 2 atom stereocenters. The van der Waals surface area contributed by atoms with Crippen LogP contribution in [-0.2, 0) is 14.8 Å². The summed E-state index contributed by atoms with van der Waals surface area (Å²) in [6.45, 7) is 1.72. The number of carbonyl (C=O) groups is 1. The minimum Gasteiger partial charge on any atom is -0.328 e. The van der Waals surface area contributed by atoms with Crippen molar-refractivity contribution in [1.82, 2.24) is 0 Å². The standard InChI is InChI=1S/C19H23N3O3S.ClH/c1-13-7-10-17(21-19(23)14-8-9-15(20)11-14)12-18(13)26(24,25)22-16-5-3-2-4-6-16;/h2-7,10,12,14-15,22H,8-9,11,20H2,1H3,(H,21,23);1H. The summed E-state index contributed by atoms with van der Waals surface area (Å²) in [6, 6.07) is 13.7. The van der Waals surface area contributed by atoms with Gasteiger partial charge in [-0.15, -0.1) is 12.4 Å². The van der Waals surface area contributed by atoms with Gasteiger partial charge in [-0.2, -0.15) is 0 Å². The number of sulfonamides is 1. The van der Waals surface area contributed by atoms with E-state index in [2.05, 4.69) is 10.0 Å². The zero-order chi connectivity index (χ0) is 18.7. The van der Waals surface area contributed by atoms with Crippen molar-refractivity contribution in [3.63, 3.8) is 0 Å². The van der Waals surface area contributed by atoms with E-state index in [1.54, 1.807) is 43.3 Å². The third kappa shape index (κ3) is 5.22. The average molecular weight is 410 g/mol. The molecule has 4 N–H and O–H groups in total. The lowest BCUT2D eigenvalue weighted by Crippen LogP contribution is -2.23. The summed E-state index contributed by atoms with van der Waals surface area (Å²) in [5.41, 5.74) is 7.42. The molecule has 0 bridgehead atoms. The fourth-order valence-electron chi connectivity index (χ4n) is 3.18. The smallest absolute Gasteiger partial charge is 0.262 e. The Kier molecular flexibility index (Phi) is 6.86. The first kappa shape index (κ1) is 21.2. The third-order valence-corrected chi connectivity index (χ3v) is 6.14. The van der Waals surface area contributed by atoms with E-state index in [4.69, 9.17) is 5.73 Å². The zero-order valence-corrected chi connectivity index (χ0v) is 16.6. The number of benzene rings is 2. The lowest BCUT2D eigenvalue weighted by atomic mass is 10.1. The Balaban J connectivity index is 0.00000261. The summed E-state index contributed by atoms with van der Waals surface area (Å²) in [6.07, 6.45) is 2.27. The molecule has 2 aromatic rings.